The molecular formula is C20H27N3O7S2. The number of hydrogen-bond donors (Lipinski definition) is 3. The van der Waals surface area contributed by atoms with Crippen molar-refractivity contribution in [3.8, 4) is 11.5 Å². The van der Waals surface area contributed by atoms with Crippen molar-refractivity contribution in [3.63, 3.8) is 0 Å². The zero-order valence-corrected chi connectivity index (χ0v) is 20.0. The molecule has 0 heterocycles. The molecule has 0 bridgehead atoms. The predicted octanol–water partition coefficient (Wildman–Crippen LogP) is 2.02. The molecule has 0 saturated carbocycles. The van der Waals surface area contributed by atoms with Gasteiger partial charge in [-0.3, -0.25) is 9.52 Å². The second-order valence-corrected chi connectivity index (χ2v) is 10.8. The third kappa shape index (κ3) is 6.84. The number of ether oxygens (including phenoxy) is 2. The number of anilines is 2. The Balaban J connectivity index is 2.23. The summed E-state index contributed by atoms with van der Waals surface area (Å²) in [7, 11) is -4.67. The minimum Gasteiger partial charge on any atom is -0.497 e. The minimum absolute atomic E-state index is 0.00498. The van der Waals surface area contributed by atoms with Crippen LogP contribution < -0.4 is 24.2 Å². The standard InChI is InChI=1S/C20H27N3O7S2/c1-13(2)19(23-32(27,28)16-9-7-15(29-3)8-10-16)20(24)21-14-6-11-17(18(12-14)30-4)22-31(5,25)26/h6-13,19,22-23H,1-5H3,(H,21,24)/t19-/m0/s1. The molecule has 0 aromatic heterocycles. The number of methoxy groups -OCH3 is 2. The number of carbonyl (C=O) groups is 1. The van der Waals surface area contributed by atoms with Crippen LogP contribution >= 0.6 is 0 Å². The van der Waals surface area contributed by atoms with E-state index in [1.807, 2.05) is 0 Å². The molecule has 3 N–H and O–H groups in total. The molecule has 0 spiro atoms. The van der Waals surface area contributed by atoms with Crippen molar-refractivity contribution in [1.29, 1.82) is 0 Å². The summed E-state index contributed by atoms with van der Waals surface area (Å²) in [6, 6.07) is 9.06. The van der Waals surface area contributed by atoms with Crippen LogP contribution in [0.3, 0.4) is 0 Å². The lowest BCUT2D eigenvalue weighted by Crippen LogP contribution is -2.47. The van der Waals surface area contributed by atoms with Gasteiger partial charge in [0.2, 0.25) is 26.0 Å². The van der Waals surface area contributed by atoms with Crippen LogP contribution in [0.5, 0.6) is 11.5 Å². The summed E-state index contributed by atoms with van der Waals surface area (Å²) in [4.78, 5) is 12.9. The van der Waals surface area contributed by atoms with Crippen molar-refractivity contribution in [3.05, 3.63) is 42.5 Å². The fourth-order valence-electron chi connectivity index (χ4n) is 2.76. The van der Waals surface area contributed by atoms with Crippen molar-refractivity contribution >= 4 is 37.3 Å². The summed E-state index contributed by atoms with van der Waals surface area (Å²) in [5.41, 5.74) is 0.508. The molecule has 176 valence electrons. The molecule has 0 aliphatic rings. The van der Waals surface area contributed by atoms with Gasteiger partial charge in [-0.2, -0.15) is 4.72 Å². The Bertz CT molecular complexity index is 1160. The van der Waals surface area contributed by atoms with E-state index < -0.39 is 32.0 Å². The van der Waals surface area contributed by atoms with Crippen molar-refractivity contribution < 1.29 is 31.1 Å². The van der Waals surface area contributed by atoms with Gasteiger partial charge < -0.3 is 14.8 Å². The molecule has 2 aromatic carbocycles. The first-order chi connectivity index (χ1) is 14.9. The van der Waals surface area contributed by atoms with Gasteiger partial charge in [-0.1, -0.05) is 13.8 Å². The quantitative estimate of drug-likeness (QED) is 0.468. The van der Waals surface area contributed by atoms with Gasteiger partial charge in [0.15, 0.2) is 0 Å². The molecular weight excluding hydrogens is 458 g/mol. The molecule has 1 amide bonds. The van der Waals surface area contributed by atoms with Crippen molar-refractivity contribution in [2.24, 2.45) is 5.92 Å². The van der Waals surface area contributed by atoms with Gasteiger partial charge >= 0.3 is 0 Å². The average Bonchev–Trinajstić information content (AvgIpc) is 2.71. The topological polar surface area (TPSA) is 140 Å². The first kappa shape index (κ1) is 25.4. The van der Waals surface area contributed by atoms with E-state index in [9.17, 15) is 21.6 Å². The lowest BCUT2D eigenvalue weighted by atomic mass is 10.0. The first-order valence-electron chi connectivity index (χ1n) is 9.49. The second-order valence-electron chi connectivity index (χ2n) is 7.30. The fourth-order valence-corrected chi connectivity index (χ4v) is 4.67. The van der Waals surface area contributed by atoms with Crippen LogP contribution in [-0.4, -0.2) is 49.3 Å². The molecule has 0 fully saturated rings. The minimum atomic E-state index is -3.97. The fraction of sp³-hybridized carbons (Fsp3) is 0.350. The molecule has 2 aromatic rings. The molecule has 1 atom stereocenters. The number of hydrogen-bond acceptors (Lipinski definition) is 7. The highest BCUT2D eigenvalue weighted by atomic mass is 32.2. The van der Waals surface area contributed by atoms with Gasteiger partial charge in [-0.25, -0.2) is 16.8 Å². The van der Waals surface area contributed by atoms with Crippen LogP contribution in [0.25, 0.3) is 0 Å². The SMILES string of the molecule is COc1ccc(S(=O)(=O)N[C@H](C(=O)Nc2ccc(NS(C)(=O)=O)c(OC)c2)C(C)C)cc1. The van der Waals surface area contributed by atoms with Crippen LogP contribution in [0, 0.1) is 5.92 Å². The highest BCUT2D eigenvalue weighted by molar-refractivity contribution is 7.92. The number of amides is 1. The largest absolute Gasteiger partial charge is 0.497 e. The Morgan fingerprint density at radius 3 is 2.06 bits per heavy atom. The van der Waals surface area contributed by atoms with E-state index in [-0.39, 0.29) is 22.3 Å². The summed E-state index contributed by atoms with van der Waals surface area (Å²) in [5.74, 6) is -0.253. The second kappa shape index (κ2) is 10.2. The Morgan fingerprint density at radius 2 is 1.56 bits per heavy atom. The molecule has 0 saturated heterocycles. The maximum absolute atomic E-state index is 12.9. The highest BCUT2D eigenvalue weighted by Crippen LogP contribution is 2.29. The van der Waals surface area contributed by atoms with Crippen LogP contribution in [-0.2, 0) is 24.8 Å². The monoisotopic (exact) mass is 485 g/mol. The molecule has 10 nitrogen and oxygen atoms in total. The summed E-state index contributed by atoms with van der Waals surface area (Å²) in [5, 5.41) is 2.64. The zero-order chi connectivity index (χ0) is 24.1. The molecule has 32 heavy (non-hydrogen) atoms. The number of sulfonamides is 2. The Morgan fingerprint density at radius 1 is 0.938 bits per heavy atom. The van der Waals surface area contributed by atoms with Gasteiger partial charge in [0.05, 0.1) is 31.1 Å². The average molecular weight is 486 g/mol. The Labute approximate surface area is 188 Å². The number of carbonyl (C=O) groups excluding carboxylic acids is 1. The van der Waals surface area contributed by atoms with E-state index >= 15 is 0 Å². The lowest BCUT2D eigenvalue weighted by Gasteiger charge is -2.22. The van der Waals surface area contributed by atoms with Crippen molar-refractivity contribution in [1.82, 2.24) is 4.72 Å². The van der Waals surface area contributed by atoms with Crippen LogP contribution in [0.2, 0.25) is 0 Å². The maximum Gasteiger partial charge on any atom is 0.242 e. The molecule has 12 heteroatoms. The van der Waals surface area contributed by atoms with Gasteiger partial charge in [0.25, 0.3) is 0 Å². The lowest BCUT2D eigenvalue weighted by molar-refractivity contribution is -0.118. The molecule has 0 aliphatic heterocycles. The number of nitrogens with one attached hydrogen (secondary N) is 3. The summed E-state index contributed by atoms with van der Waals surface area (Å²) < 4.78 is 63.4. The van der Waals surface area contributed by atoms with E-state index in [4.69, 9.17) is 9.47 Å². The van der Waals surface area contributed by atoms with Gasteiger partial charge in [-0.05, 0) is 42.3 Å². The summed E-state index contributed by atoms with van der Waals surface area (Å²) in [6.45, 7) is 3.42. The molecule has 0 unspecified atom stereocenters. The summed E-state index contributed by atoms with van der Waals surface area (Å²) in [6.07, 6.45) is 1.00. The van der Waals surface area contributed by atoms with E-state index in [0.717, 1.165) is 6.26 Å². The molecule has 2 rings (SSSR count). The maximum atomic E-state index is 12.9. The number of benzene rings is 2. The van der Waals surface area contributed by atoms with E-state index in [1.165, 1.54) is 56.7 Å². The first-order valence-corrected chi connectivity index (χ1v) is 12.9. The highest BCUT2D eigenvalue weighted by Gasteiger charge is 2.28. The van der Waals surface area contributed by atoms with Crippen LogP contribution in [0.4, 0.5) is 11.4 Å². The van der Waals surface area contributed by atoms with E-state index in [0.29, 0.717) is 11.4 Å². The van der Waals surface area contributed by atoms with Crippen LogP contribution in [0.1, 0.15) is 13.8 Å². The number of rotatable bonds is 10. The van der Waals surface area contributed by atoms with E-state index in [2.05, 4.69) is 14.8 Å². The Kier molecular flexibility index (Phi) is 8.10. The van der Waals surface area contributed by atoms with E-state index in [1.54, 1.807) is 13.8 Å². The van der Waals surface area contributed by atoms with Gasteiger partial charge in [-0.15, -0.1) is 0 Å². The third-order valence-electron chi connectivity index (χ3n) is 4.37. The molecule has 0 aliphatic carbocycles. The van der Waals surface area contributed by atoms with Gasteiger partial charge in [0, 0.05) is 11.8 Å². The van der Waals surface area contributed by atoms with Crippen molar-refractivity contribution in [2.75, 3.05) is 30.5 Å². The third-order valence-corrected chi connectivity index (χ3v) is 6.41. The predicted molar refractivity (Wildman–Crippen MR) is 122 cm³/mol. The van der Waals surface area contributed by atoms with Gasteiger partial charge in [0.1, 0.15) is 17.5 Å². The molecule has 0 radical (unpaired) electrons. The van der Waals surface area contributed by atoms with Crippen molar-refractivity contribution in [2.45, 2.75) is 24.8 Å². The normalized spacial score (nSPS) is 12.8. The Hall–Kier alpha value is -2.83. The van der Waals surface area contributed by atoms with Crippen LogP contribution in [0.15, 0.2) is 47.4 Å². The summed E-state index contributed by atoms with van der Waals surface area (Å²) >= 11 is 0. The zero-order valence-electron chi connectivity index (χ0n) is 18.4. The smallest absolute Gasteiger partial charge is 0.242 e.